The molecule has 44 heavy (non-hydrogen) atoms. The maximum atomic E-state index is 11.7. The maximum absolute atomic E-state index is 11.7. The van der Waals surface area contributed by atoms with Crippen LogP contribution in [0.5, 0.6) is 0 Å². The molecule has 14 atom stereocenters. The zero-order valence-corrected chi connectivity index (χ0v) is 28.0. The van der Waals surface area contributed by atoms with Gasteiger partial charge in [0.25, 0.3) is 0 Å². The fraction of sp³-hybridized carbons (Fsp3) is 0.939. The summed E-state index contributed by atoms with van der Waals surface area (Å²) in [5, 5.41) is 43.0. The van der Waals surface area contributed by atoms with Gasteiger partial charge in [0.2, 0.25) is 0 Å². The summed E-state index contributed by atoms with van der Waals surface area (Å²) >= 11 is 0. The summed E-state index contributed by atoms with van der Waals surface area (Å²) in [5.41, 5.74) is 1.39. The summed E-state index contributed by atoms with van der Waals surface area (Å²) < 4.78 is 27.4. The van der Waals surface area contributed by atoms with Crippen LogP contribution in [-0.2, 0) is 18.6 Å². The Bertz CT molecular complexity index is 1080. The molecule has 5 rings (SSSR count). The van der Waals surface area contributed by atoms with Gasteiger partial charge in [-0.25, -0.2) is 4.57 Å². The molecule has 4 aliphatic carbocycles. The SMILES string of the molecule is CC(C)CCC[C@@H](C)[C@H]1CC[C@H]2[C@@H]3[C@@H](O)C=C4C[C@@H](O[C@H]5O[C@H](COP(=O)(O)O)[C@@H](O)[C@H](O)[C@@H]5O)CC[C@]4(C)[C@H]3CC[C@]12C. The van der Waals surface area contributed by atoms with Crippen molar-refractivity contribution in [3.8, 4) is 0 Å². The van der Waals surface area contributed by atoms with Crippen molar-refractivity contribution in [1.29, 1.82) is 0 Å². The number of aliphatic hydroxyl groups excluding tert-OH is 4. The zero-order chi connectivity index (χ0) is 32.2. The van der Waals surface area contributed by atoms with E-state index in [0.717, 1.165) is 18.8 Å². The molecule has 0 aromatic rings. The molecule has 4 fully saturated rings. The standard InChI is InChI=1S/C33H57O10P/c1-18(2)7-6-8-19(3)22-9-10-23-27-24(12-14-33(22,23)5)32(4)13-11-21(15-20(32)16-25(27)34)42-31-30(37)29(36)28(35)26(43-31)17-41-44(38,39)40/h16,18-19,21-31,34-37H,6-15,17H2,1-5H3,(H2,38,39,40)/t19-,21+,22-,23+,24+,25+,26-,27+,28-,29+,30+,31+,32+,33-/m1/s1. The summed E-state index contributed by atoms with van der Waals surface area (Å²) in [7, 11) is -4.83. The normalized spacial score (nSPS) is 46.6. The van der Waals surface area contributed by atoms with Gasteiger partial charge < -0.3 is 39.7 Å². The average molecular weight is 645 g/mol. The van der Waals surface area contributed by atoms with E-state index in [2.05, 4.69) is 45.2 Å². The summed E-state index contributed by atoms with van der Waals surface area (Å²) in [6.07, 6.45) is 4.62. The molecule has 0 aromatic heterocycles. The summed E-state index contributed by atoms with van der Waals surface area (Å²) in [6.45, 7) is 11.3. The molecule has 11 heteroatoms. The highest BCUT2D eigenvalue weighted by molar-refractivity contribution is 7.46. The van der Waals surface area contributed by atoms with Crippen molar-refractivity contribution in [1.82, 2.24) is 0 Å². The Morgan fingerprint density at radius 1 is 0.955 bits per heavy atom. The number of aliphatic hydroxyl groups is 4. The third kappa shape index (κ3) is 6.78. The van der Waals surface area contributed by atoms with Crippen molar-refractivity contribution < 1.29 is 48.8 Å². The van der Waals surface area contributed by atoms with E-state index in [-0.39, 0.29) is 22.9 Å². The molecule has 5 aliphatic rings. The van der Waals surface area contributed by atoms with E-state index in [9.17, 15) is 25.0 Å². The monoisotopic (exact) mass is 644 g/mol. The first-order valence-corrected chi connectivity index (χ1v) is 18.5. The highest BCUT2D eigenvalue weighted by Gasteiger charge is 2.61. The summed E-state index contributed by atoms with van der Waals surface area (Å²) in [6, 6.07) is 0. The number of phosphoric ester groups is 1. The minimum Gasteiger partial charge on any atom is -0.389 e. The quantitative estimate of drug-likeness (QED) is 0.149. The Balaban J connectivity index is 1.26. The molecule has 6 N–H and O–H groups in total. The molecule has 0 aromatic carbocycles. The van der Waals surface area contributed by atoms with Crippen molar-refractivity contribution in [3.05, 3.63) is 11.6 Å². The topological polar surface area (TPSA) is 166 Å². The minimum atomic E-state index is -4.83. The van der Waals surface area contributed by atoms with E-state index in [0.29, 0.717) is 36.5 Å². The van der Waals surface area contributed by atoms with Gasteiger partial charge in [0.1, 0.15) is 24.4 Å². The van der Waals surface area contributed by atoms with Gasteiger partial charge in [0.15, 0.2) is 6.29 Å². The predicted molar refractivity (Wildman–Crippen MR) is 164 cm³/mol. The minimum absolute atomic E-state index is 0.0480. The lowest BCUT2D eigenvalue weighted by atomic mass is 9.46. The summed E-state index contributed by atoms with van der Waals surface area (Å²) in [4.78, 5) is 18.1. The number of rotatable bonds is 10. The second-order valence-corrected chi connectivity index (χ2v) is 17.0. The molecule has 0 spiro atoms. The van der Waals surface area contributed by atoms with Crippen molar-refractivity contribution in [2.24, 2.45) is 46.3 Å². The van der Waals surface area contributed by atoms with E-state index in [4.69, 9.17) is 19.3 Å². The highest BCUT2D eigenvalue weighted by Crippen LogP contribution is 2.67. The van der Waals surface area contributed by atoms with Crippen LogP contribution in [0.25, 0.3) is 0 Å². The molecule has 1 aliphatic heterocycles. The van der Waals surface area contributed by atoms with Gasteiger partial charge in [-0.15, -0.1) is 0 Å². The van der Waals surface area contributed by atoms with Gasteiger partial charge in [-0.1, -0.05) is 65.5 Å². The Morgan fingerprint density at radius 3 is 2.36 bits per heavy atom. The van der Waals surface area contributed by atoms with Crippen LogP contribution in [0.4, 0.5) is 0 Å². The highest BCUT2D eigenvalue weighted by atomic mass is 31.2. The number of fused-ring (bicyclic) bond motifs is 5. The molecule has 0 radical (unpaired) electrons. The van der Waals surface area contributed by atoms with E-state index < -0.39 is 51.2 Å². The van der Waals surface area contributed by atoms with Crippen molar-refractivity contribution in [2.75, 3.05) is 6.61 Å². The molecule has 254 valence electrons. The van der Waals surface area contributed by atoms with E-state index in [1.807, 2.05) is 0 Å². The lowest BCUT2D eigenvalue weighted by Gasteiger charge is -2.59. The molecular formula is C33H57O10P. The van der Waals surface area contributed by atoms with Crippen LogP contribution in [0.2, 0.25) is 0 Å². The third-order valence-corrected chi connectivity index (χ3v) is 13.2. The molecule has 10 nitrogen and oxygen atoms in total. The lowest BCUT2D eigenvalue weighted by molar-refractivity contribution is -0.312. The van der Waals surface area contributed by atoms with Crippen LogP contribution in [0.15, 0.2) is 11.6 Å². The van der Waals surface area contributed by atoms with Crippen molar-refractivity contribution in [2.45, 2.75) is 142 Å². The average Bonchev–Trinajstić information content (AvgIpc) is 3.30. The van der Waals surface area contributed by atoms with Crippen molar-refractivity contribution >= 4 is 7.82 Å². The van der Waals surface area contributed by atoms with Gasteiger partial charge in [0.05, 0.1) is 18.8 Å². The number of hydrogen-bond donors (Lipinski definition) is 6. The van der Waals surface area contributed by atoms with E-state index in [1.54, 1.807) is 0 Å². The third-order valence-electron chi connectivity index (χ3n) is 12.7. The second-order valence-electron chi connectivity index (χ2n) is 15.7. The fourth-order valence-electron chi connectivity index (χ4n) is 10.3. The Kier molecular flexibility index (Phi) is 10.5. The number of ether oxygens (including phenoxy) is 2. The van der Waals surface area contributed by atoms with Crippen molar-refractivity contribution in [3.63, 3.8) is 0 Å². The maximum Gasteiger partial charge on any atom is 0.469 e. The van der Waals surface area contributed by atoms with Crippen LogP contribution in [0.3, 0.4) is 0 Å². The molecule has 0 bridgehead atoms. The van der Waals surface area contributed by atoms with Crippen LogP contribution in [0, 0.1) is 46.3 Å². The predicted octanol–water partition coefficient (Wildman–Crippen LogP) is 4.30. The fourth-order valence-corrected chi connectivity index (χ4v) is 10.6. The van der Waals surface area contributed by atoms with Crippen LogP contribution in [-0.4, -0.2) is 79.7 Å². The molecule has 3 saturated carbocycles. The molecule has 1 saturated heterocycles. The van der Waals surface area contributed by atoms with Crippen LogP contribution < -0.4 is 0 Å². The Hall–Kier alpha value is -0.390. The van der Waals surface area contributed by atoms with Gasteiger partial charge in [-0.05, 0) is 91.3 Å². The molecule has 1 heterocycles. The van der Waals surface area contributed by atoms with E-state index in [1.165, 1.54) is 44.1 Å². The zero-order valence-electron chi connectivity index (χ0n) is 27.1. The smallest absolute Gasteiger partial charge is 0.389 e. The molecule has 0 amide bonds. The van der Waals surface area contributed by atoms with Crippen LogP contribution in [0.1, 0.15) is 98.8 Å². The second kappa shape index (κ2) is 13.3. The van der Waals surface area contributed by atoms with Gasteiger partial charge in [-0.2, -0.15) is 0 Å². The first-order valence-electron chi connectivity index (χ1n) is 17.0. The Labute approximate surface area is 262 Å². The number of phosphoric acid groups is 1. The van der Waals surface area contributed by atoms with Crippen LogP contribution >= 0.6 is 7.82 Å². The number of hydrogen-bond acceptors (Lipinski definition) is 8. The molecule has 0 unspecified atom stereocenters. The van der Waals surface area contributed by atoms with Gasteiger partial charge in [0, 0.05) is 0 Å². The molecular weight excluding hydrogens is 587 g/mol. The Morgan fingerprint density at radius 2 is 1.68 bits per heavy atom. The van der Waals surface area contributed by atoms with Gasteiger partial charge in [-0.3, -0.25) is 4.52 Å². The first kappa shape index (κ1) is 34.9. The van der Waals surface area contributed by atoms with Gasteiger partial charge >= 0.3 is 7.82 Å². The summed E-state index contributed by atoms with van der Waals surface area (Å²) in [5.74, 6) is 3.33. The first-order chi connectivity index (χ1) is 20.5. The van der Waals surface area contributed by atoms with E-state index >= 15 is 0 Å². The largest absolute Gasteiger partial charge is 0.469 e. The lowest BCUT2D eigenvalue weighted by Crippen LogP contribution is -2.60.